The van der Waals surface area contributed by atoms with Crippen LogP contribution in [0.3, 0.4) is 0 Å². The summed E-state index contributed by atoms with van der Waals surface area (Å²) >= 11 is 1.38. The molecule has 0 saturated carbocycles. The predicted octanol–water partition coefficient (Wildman–Crippen LogP) is 1.87. The molecule has 1 aliphatic rings. The van der Waals surface area contributed by atoms with Gasteiger partial charge in [-0.2, -0.15) is 0 Å². The fourth-order valence-corrected chi connectivity index (χ4v) is 7.08. The van der Waals surface area contributed by atoms with Crippen LogP contribution in [0.2, 0.25) is 0 Å². The second-order valence-electron chi connectivity index (χ2n) is 12.8. The highest BCUT2D eigenvalue weighted by atomic mass is 32.1. The molecule has 3 amide bonds. The van der Waals surface area contributed by atoms with Crippen molar-refractivity contribution in [1.82, 2.24) is 31.2 Å². The summed E-state index contributed by atoms with van der Waals surface area (Å²) in [5, 5.41) is 16.6. The Hall–Kier alpha value is -4.95. The van der Waals surface area contributed by atoms with E-state index >= 15 is 0 Å². The number of piperidine rings is 1. The molecule has 3 atom stereocenters. The van der Waals surface area contributed by atoms with E-state index in [2.05, 4.69) is 31.2 Å². The Bertz CT molecular complexity index is 1970. The zero-order chi connectivity index (χ0) is 35.1. The highest BCUT2D eigenvalue weighted by molar-refractivity contribution is 7.07. The zero-order valence-electron chi connectivity index (χ0n) is 27.6. The van der Waals surface area contributed by atoms with Crippen LogP contribution < -0.4 is 32.7 Å². The number of thiazole rings is 1. The van der Waals surface area contributed by atoms with Gasteiger partial charge in [0, 0.05) is 41.7 Å². The van der Waals surface area contributed by atoms with Gasteiger partial charge in [-0.25, -0.2) is 4.98 Å². The van der Waals surface area contributed by atoms with Crippen LogP contribution >= 0.6 is 11.3 Å². The number of carbonyl (C=O) groups is 4. The van der Waals surface area contributed by atoms with Gasteiger partial charge in [-0.1, -0.05) is 60.7 Å². The number of Topliss-reactive ketones (excluding diaryl/α,β-unsaturated/α-hetero) is 1. The van der Waals surface area contributed by atoms with E-state index in [0.29, 0.717) is 31.6 Å². The van der Waals surface area contributed by atoms with Crippen molar-refractivity contribution >= 4 is 56.5 Å². The van der Waals surface area contributed by atoms with E-state index in [4.69, 9.17) is 11.5 Å². The summed E-state index contributed by atoms with van der Waals surface area (Å²) in [6.07, 6.45) is 3.08. The van der Waals surface area contributed by atoms with Crippen LogP contribution in [-0.2, 0) is 38.4 Å². The fourth-order valence-electron chi connectivity index (χ4n) is 6.51. The molecule has 12 nitrogen and oxygen atoms in total. The van der Waals surface area contributed by atoms with E-state index in [9.17, 15) is 19.2 Å². The summed E-state index contributed by atoms with van der Waals surface area (Å²) in [6.45, 7) is 0.894. The molecule has 1 aliphatic heterocycles. The number of nitrogens with zero attached hydrogens (tertiary/aromatic N) is 1. The lowest BCUT2D eigenvalue weighted by Gasteiger charge is -2.34. The Morgan fingerprint density at radius 2 is 1.46 bits per heavy atom. The number of fused-ring (bicyclic) bond motifs is 2. The Balaban J connectivity index is 1.31. The molecule has 2 aromatic heterocycles. The minimum Gasteiger partial charge on any atom is -0.361 e. The van der Waals surface area contributed by atoms with Crippen molar-refractivity contribution in [2.75, 3.05) is 19.6 Å². The van der Waals surface area contributed by atoms with Crippen LogP contribution in [-0.4, -0.2) is 76.8 Å². The molecule has 0 aliphatic carbocycles. The number of aromatic amines is 1. The van der Waals surface area contributed by atoms with Crippen LogP contribution in [0.15, 0.2) is 83.8 Å². The predicted molar refractivity (Wildman–Crippen MR) is 194 cm³/mol. The number of aromatic nitrogens is 2. The van der Waals surface area contributed by atoms with Crippen molar-refractivity contribution in [2.45, 2.75) is 55.8 Å². The van der Waals surface area contributed by atoms with Gasteiger partial charge in [-0.3, -0.25) is 19.2 Å². The molecular formula is C37H42N8O4S. The molecule has 5 aromatic rings. The number of nitrogens with one attached hydrogen (secondary N) is 5. The standard InChI is InChI=1S/C37H42N8O4S/c38-19-33(46)30(18-26-21-50-22-42-26)43-34(47)31(17-25-20-41-29-11-4-3-10-28(25)29)44-35(48)32(45-36(49)37(39)12-14-40-15-13-37)16-24-8-5-7-23-6-1-2-9-27(23)24/h1-11,20-22,30-32,40-41H,12-19,38-39H2,(H,43,47)(H,44,48)(H,45,49)/t30-,31+,32+/m0/s1. The molecule has 0 spiro atoms. The quantitative estimate of drug-likeness (QED) is 0.0915. The number of hydrogen-bond donors (Lipinski definition) is 7. The molecule has 0 radical (unpaired) electrons. The third-order valence-electron chi connectivity index (χ3n) is 9.41. The van der Waals surface area contributed by atoms with Crippen LogP contribution in [0.4, 0.5) is 0 Å². The van der Waals surface area contributed by atoms with E-state index in [1.165, 1.54) is 11.3 Å². The molecule has 1 saturated heterocycles. The van der Waals surface area contributed by atoms with Gasteiger partial charge in [0.15, 0.2) is 5.78 Å². The Labute approximate surface area is 293 Å². The first-order valence-corrected chi connectivity index (χ1v) is 17.7. The number of carbonyl (C=O) groups excluding carboxylic acids is 4. The number of H-pyrrole nitrogens is 1. The number of nitrogens with two attached hydrogens (primary N) is 2. The van der Waals surface area contributed by atoms with E-state index in [1.807, 2.05) is 66.7 Å². The first kappa shape index (κ1) is 34.9. The third kappa shape index (κ3) is 8.08. The molecule has 3 aromatic carbocycles. The van der Waals surface area contributed by atoms with Crippen LogP contribution in [0.1, 0.15) is 29.7 Å². The van der Waals surface area contributed by atoms with Crippen LogP contribution in [0.25, 0.3) is 21.7 Å². The van der Waals surface area contributed by atoms with Gasteiger partial charge in [-0.05, 0) is 53.9 Å². The summed E-state index contributed by atoms with van der Waals surface area (Å²) in [6, 6.07) is 18.2. The average molecular weight is 695 g/mol. The first-order chi connectivity index (χ1) is 24.2. The second-order valence-corrected chi connectivity index (χ2v) is 13.5. The maximum Gasteiger partial charge on any atom is 0.243 e. The highest BCUT2D eigenvalue weighted by Gasteiger charge is 2.38. The van der Waals surface area contributed by atoms with Gasteiger partial charge in [0.1, 0.15) is 12.1 Å². The number of benzene rings is 3. The van der Waals surface area contributed by atoms with Crippen molar-refractivity contribution < 1.29 is 19.2 Å². The molecule has 3 heterocycles. The summed E-state index contributed by atoms with van der Waals surface area (Å²) in [5.74, 6) is -1.90. The van der Waals surface area contributed by atoms with Gasteiger partial charge < -0.3 is 37.7 Å². The van der Waals surface area contributed by atoms with Crippen LogP contribution in [0.5, 0.6) is 0 Å². The maximum absolute atomic E-state index is 14.4. The average Bonchev–Trinajstić information content (AvgIpc) is 3.81. The minimum absolute atomic E-state index is 0.114. The molecule has 6 rings (SSSR count). The smallest absolute Gasteiger partial charge is 0.243 e. The van der Waals surface area contributed by atoms with Gasteiger partial charge in [0.2, 0.25) is 17.7 Å². The first-order valence-electron chi connectivity index (χ1n) is 16.8. The van der Waals surface area contributed by atoms with Crippen molar-refractivity contribution in [3.8, 4) is 0 Å². The summed E-state index contributed by atoms with van der Waals surface area (Å²) in [4.78, 5) is 62.6. The van der Waals surface area contributed by atoms with Crippen molar-refractivity contribution in [2.24, 2.45) is 11.5 Å². The number of amides is 3. The lowest BCUT2D eigenvalue weighted by Crippen LogP contribution is -2.63. The zero-order valence-corrected chi connectivity index (χ0v) is 28.4. The summed E-state index contributed by atoms with van der Waals surface area (Å²) in [5.41, 5.74) is 16.0. The molecule has 13 heteroatoms. The van der Waals surface area contributed by atoms with Gasteiger partial charge in [0.25, 0.3) is 0 Å². The molecule has 50 heavy (non-hydrogen) atoms. The molecule has 0 unspecified atom stereocenters. The Kier molecular flexibility index (Phi) is 11.0. The monoisotopic (exact) mass is 694 g/mol. The fraction of sp³-hybridized carbons (Fsp3) is 0.324. The number of ketones is 1. The number of rotatable bonds is 14. The van der Waals surface area contributed by atoms with Gasteiger partial charge >= 0.3 is 0 Å². The van der Waals surface area contributed by atoms with Crippen molar-refractivity contribution in [3.05, 3.63) is 101 Å². The van der Waals surface area contributed by atoms with E-state index < -0.39 is 41.4 Å². The largest absolute Gasteiger partial charge is 0.361 e. The van der Waals surface area contributed by atoms with Gasteiger partial charge in [0.05, 0.1) is 29.3 Å². The lowest BCUT2D eigenvalue weighted by molar-refractivity contribution is -0.134. The number of para-hydroxylation sites is 1. The maximum atomic E-state index is 14.4. The third-order valence-corrected chi connectivity index (χ3v) is 10.0. The second kappa shape index (κ2) is 15.7. The van der Waals surface area contributed by atoms with Crippen molar-refractivity contribution in [3.63, 3.8) is 0 Å². The summed E-state index contributed by atoms with van der Waals surface area (Å²) in [7, 11) is 0. The molecule has 0 bridgehead atoms. The minimum atomic E-state index is -1.14. The Morgan fingerprint density at radius 3 is 2.20 bits per heavy atom. The van der Waals surface area contributed by atoms with Crippen LogP contribution in [0, 0.1) is 0 Å². The molecule has 9 N–H and O–H groups in total. The highest BCUT2D eigenvalue weighted by Crippen LogP contribution is 2.23. The van der Waals surface area contributed by atoms with E-state index in [-0.39, 0.29) is 31.6 Å². The van der Waals surface area contributed by atoms with Crippen molar-refractivity contribution in [1.29, 1.82) is 0 Å². The number of hydrogen-bond acceptors (Lipinski definition) is 9. The van der Waals surface area contributed by atoms with E-state index in [0.717, 1.165) is 32.8 Å². The SMILES string of the molecule is NCC(=O)[C@H](Cc1cscn1)NC(=O)[C@@H](Cc1c[nH]c2ccccc12)NC(=O)[C@@H](Cc1cccc2ccccc12)NC(=O)C1(N)CCNCC1. The molecule has 1 fully saturated rings. The topological polar surface area (TPSA) is 197 Å². The normalized spacial score (nSPS) is 16.0. The van der Waals surface area contributed by atoms with E-state index in [1.54, 1.807) is 17.1 Å². The van der Waals surface area contributed by atoms with Gasteiger partial charge in [-0.15, -0.1) is 11.3 Å². The molecule has 260 valence electrons. The lowest BCUT2D eigenvalue weighted by atomic mass is 9.88. The Morgan fingerprint density at radius 1 is 0.800 bits per heavy atom. The summed E-state index contributed by atoms with van der Waals surface area (Å²) < 4.78 is 0. The molecular weight excluding hydrogens is 653 g/mol.